The van der Waals surface area contributed by atoms with E-state index in [-0.39, 0.29) is 16.6 Å². The minimum atomic E-state index is -4.11. The third-order valence-electron chi connectivity index (χ3n) is 3.69. The van der Waals surface area contributed by atoms with Gasteiger partial charge in [0.15, 0.2) is 5.43 Å². The Morgan fingerprint density at radius 1 is 1.19 bits per heavy atom. The molecule has 0 unspecified atom stereocenters. The van der Waals surface area contributed by atoms with Crippen molar-refractivity contribution in [3.63, 3.8) is 0 Å². The van der Waals surface area contributed by atoms with Crippen LogP contribution in [0.5, 0.6) is 5.75 Å². The second kappa shape index (κ2) is 5.16. The summed E-state index contributed by atoms with van der Waals surface area (Å²) in [6, 6.07) is 5.74. The molecule has 1 aromatic heterocycles. The summed E-state index contributed by atoms with van der Waals surface area (Å²) < 4.78 is 32.1. The fourth-order valence-electron chi connectivity index (χ4n) is 2.75. The van der Waals surface area contributed by atoms with Gasteiger partial charge in [-0.05, 0) is 31.0 Å². The van der Waals surface area contributed by atoms with Crippen LogP contribution < -0.4 is 14.8 Å². The lowest BCUT2D eigenvalue weighted by atomic mass is 10.0. The van der Waals surface area contributed by atoms with Gasteiger partial charge in [-0.2, -0.15) is 13.6 Å². The van der Waals surface area contributed by atoms with Gasteiger partial charge in [0.1, 0.15) is 17.1 Å². The van der Waals surface area contributed by atoms with E-state index in [1.54, 1.807) is 0 Å². The van der Waals surface area contributed by atoms with E-state index in [2.05, 4.69) is 4.18 Å². The predicted molar refractivity (Wildman–Crippen MR) is 77.4 cm³/mol. The molecule has 0 spiro atoms. The van der Waals surface area contributed by atoms with Crippen molar-refractivity contribution in [2.24, 2.45) is 5.14 Å². The van der Waals surface area contributed by atoms with Crippen molar-refractivity contribution in [3.05, 3.63) is 40.2 Å². The van der Waals surface area contributed by atoms with E-state index < -0.39 is 10.3 Å². The molecule has 0 amide bonds. The highest BCUT2D eigenvalue weighted by molar-refractivity contribution is 7.84. The van der Waals surface area contributed by atoms with Gasteiger partial charge in [0.25, 0.3) is 0 Å². The average molecular weight is 309 g/mol. The first-order chi connectivity index (χ1) is 9.92. The van der Waals surface area contributed by atoms with E-state index in [4.69, 9.17) is 9.56 Å². The maximum Gasteiger partial charge on any atom is 0.380 e. The molecule has 0 saturated heterocycles. The lowest BCUT2D eigenvalue weighted by Gasteiger charge is -2.09. The van der Waals surface area contributed by atoms with Crippen LogP contribution in [0.1, 0.15) is 37.4 Å². The van der Waals surface area contributed by atoms with Crippen LogP contribution in [-0.2, 0) is 10.3 Å². The maximum absolute atomic E-state index is 12.2. The standard InChI is InChI=1S/C14H15NO5S/c15-21(17,18)20-10-5-6-13-11(7-10)12(16)8-14(19-13)9-3-1-2-4-9/h5-9H,1-4H2,(H2,15,17,18). The number of hydrogen-bond acceptors (Lipinski definition) is 5. The van der Waals surface area contributed by atoms with Gasteiger partial charge in [-0.1, -0.05) is 12.8 Å². The Kier molecular flexibility index (Phi) is 3.46. The highest BCUT2D eigenvalue weighted by atomic mass is 32.2. The fraction of sp³-hybridized carbons (Fsp3) is 0.357. The Morgan fingerprint density at radius 3 is 2.57 bits per heavy atom. The Hall–Kier alpha value is -1.86. The van der Waals surface area contributed by atoms with Gasteiger partial charge >= 0.3 is 10.3 Å². The lowest BCUT2D eigenvalue weighted by Crippen LogP contribution is -2.19. The summed E-state index contributed by atoms with van der Waals surface area (Å²) in [5.41, 5.74) is 0.212. The van der Waals surface area contributed by atoms with Crippen LogP contribution in [0.15, 0.2) is 33.5 Å². The van der Waals surface area contributed by atoms with Gasteiger partial charge in [-0.15, -0.1) is 0 Å². The SMILES string of the molecule is NS(=O)(=O)Oc1ccc2oc(C3CCCC3)cc(=O)c2c1. The summed E-state index contributed by atoms with van der Waals surface area (Å²) in [6.07, 6.45) is 4.35. The van der Waals surface area contributed by atoms with E-state index in [1.165, 1.54) is 24.3 Å². The molecule has 6 nitrogen and oxygen atoms in total. The molecule has 1 saturated carbocycles. The van der Waals surface area contributed by atoms with Crippen LogP contribution in [0, 0.1) is 0 Å². The number of fused-ring (bicyclic) bond motifs is 1. The zero-order valence-electron chi connectivity index (χ0n) is 11.2. The van der Waals surface area contributed by atoms with Crippen LogP contribution >= 0.6 is 0 Å². The van der Waals surface area contributed by atoms with Crippen molar-refractivity contribution >= 4 is 21.3 Å². The first-order valence-electron chi connectivity index (χ1n) is 6.72. The van der Waals surface area contributed by atoms with Gasteiger partial charge < -0.3 is 8.60 Å². The molecule has 1 aliphatic carbocycles. The van der Waals surface area contributed by atoms with Crippen LogP contribution in [0.2, 0.25) is 0 Å². The van der Waals surface area contributed by atoms with E-state index in [9.17, 15) is 13.2 Å². The molecule has 7 heteroatoms. The molecular weight excluding hydrogens is 294 g/mol. The predicted octanol–water partition coefficient (Wildman–Crippen LogP) is 2.03. The Morgan fingerprint density at radius 2 is 1.90 bits per heavy atom. The number of nitrogens with two attached hydrogens (primary N) is 1. The van der Waals surface area contributed by atoms with E-state index >= 15 is 0 Å². The number of benzene rings is 1. The van der Waals surface area contributed by atoms with Crippen molar-refractivity contribution in [1.82, 2.24) is 0 Å². The van der Waals surface area contributed by atoms with Crippen LogP contribution in [0.3, 0.4) is 0 Å². The number of hydrogen-bond donors (Lipinski definition) is 1. The van der Waals surface area contributed by atoms with Crippen molar-refractivity contribution in [1.29, 1.82) is 0 Å². The van der Waals surface area contributed by atoms with Crippen molar-refractivity contribution < 1.29 is 17.0 Å². The third kappa shape index (κ3) is 3.08. The lowest BCUT2D eigenvalue weighted by molar-refractivity contribution is 0.479. The third-order valence-corrected chi connectivity index (χ3v) is 4.11. The molecule has 0 atom stereocenters. The van der Waals surface area contributed by atoms with Crippen molar-refractivity contribution in [2.45, 2.75) is 31.6 Å². The maximum atomic E-state index is 12.2. The molecular formula is C14H15NO5S. The molecule has 1 fully saturated rings. The van der Waals surface area contributed by atoms with Crippen molar-refractivity contribution in [2.75, 3.05) is 0 Å². The van der Waals surface area contributed by atoms with E-state index in [1.807, 2.05) is 0 Å². The number of rotatable bonds is 3. The molecule has 1 heterocycles. The summed E-state index contributed by atoms with van der Waals surface area (Å²) in [4.78, 5) is 12.2. The summed E-state index contributed by atoms with van der Waals surface area (Å²) in [5.74, 6) is 0.985. The monoisotopic (exact) mass is 309 g/mol. The van der Waals surface area contributed by atoms with Crippen LogP contribution in [0.4, 0.5) is 0 Å². The Bertz CT molecular complexity index is 834. The minimum absolute atomic E-state index is 0.00841. The van der Waals surface area contributed by atoms with Gasteiger partial charge in [-0.3, -0.25) is 4.79 Å². The first-order valence-corrected chi connectivity index (χ1v) is 8.19. The molecule has 0 aliphatic heterocycles. The van der Waals surface area contributed by atoms with Crippen molar-refractivity contribution in [3.8, 4) is 5.75 Å². The second-order valence-electron chi connectivity index (χ2n) is 5.23. The minimum Gasteiger partial charge on any atom is -0.461 e. The van der Waals surface area contributed by atoms with E-state index in [0.29, 0.717) is 17.3 Å². The molecule has 3 rings (SSSR count). The summed E-state index contributed by atoms with van der Waals surface area (Å²) in [6.45, 7) is 0. The second-order valence-corrected chi connectivity index (χ2v) is 6.38. The van der Waals surface area contributed by atoms with Gasteiger partial charge in [-0.25, -0.2) is 0 Å². The zero-order valence-corrected chi connectivity index (χ0v) is 12.1. The smallest absolute Gasteiger partial charge is 0.380 e. The molecule has 0 bridgehead atoms. The molecule has 1 aliphatic rings. The summed E-state index contributed by atoms with van der Waals surface area (Å²) >= 11 is 0. The quantitative estimate of drug-likeness (QED) is 0.935. The van der Waals surface area contributed by atoms with Gasteiger partial charge in [0.05, 0.1) is 5.39 Å². The molecule has 1 aromatic carbocycles. The Balaban J connectivity index is 2.05. The fourth-order valence-corrected chi connectivity index (χ4v) is 3.12. The zero-order chi connectivity index (χ0) is 15.0. The van der Waals surface area contributed by atoms with E-state index in [0.717, 1.165) is 25.7 Å². The summed E-state index contributed by atoms with van der Waals surface area (Å²) in [7, 11) is -4.11. The molecule has 0 radical (unpaired) electrons. The topological polar surface area (TPSA) is 99.6 Å². The Labute approximate surface area is 121 Å². The van der Waals surface area contributed by atoms with Crippen LogP contribution in [-0.4, -0.2) is 8.42 Å². The normalized spacial score (nSPS) is 16.4. The molecule has 112 valence electrons. The van der Waals surface area contributed by atoms with Gasteiger partial charge in [0, 0.05) is 12.0 Å². The largest absolute Gasteiger partial charge is 0.461 e. The van der Waals surface area contributed by atoms with Crippen LogP contribution in [0.25, 0.3) is 11.0 Å². The van der Waals surface area contributed by atoms with Gasteiger partial charge in [0.2, 0.25) is 0 Å². The average Bonchev–Trinajstić information content (AvgIpc) is 2.91. The highest BCUT2D eigenvalue weighted by Gasteiger charge is 2.20. The molecule has 2 aromatic rings. The highest BCUT2D eigenvalue weighted by Crippen LogP contribution is 2.34. The molecule has 2 N–H and O–H groups in total. The summed E-state index contributed by atoms with van der Waals surface area (Å²) in [5, 5.41) is 5.08. The molecule has 21 heavy (non-hydrogen) atoms. The first kappa shape index (κ1) is 14.1.